The Morgan fingerprint density at radius 3 is 2.87 bits per heavy atom. The van der Waals surface area contributed by atoms with Crippen LogP contribution < -0.4 is 16.3 Å². The molecule has 1 aromatic heterocycles. The highest BCUT2D eigenvalue weighted by atomic mass is 16.5. The number of imidazole rings is 1. The van der Waals surface area contributed by atoms with Crippen LogP contribution in [0.2, 0.25) is 0 Å². The number of fused-ring (bicyclic) bond motifs is 2. The van der Waals surface area contributed by atoms with Gasteiger partial charge in [0, 0.05) is 57.7 Å². The summed E-state index contributed by atoms with van der Waals surface area (Å²) in [5.41, 5.74) is 1.57. The van der Waals surface area contributed by atoms with Gasteiger partial charge in [0.15, 0.2) is 0 Å². The number of amides is 3. The van der Waals surface area contributed by atoms with Crippen molar-refractivity contribution in [3.05, 3.63) is 34.2 Å². The van der Waals surface area contributed by atoms with Crippen LogP contribution in [-0.2, 0) is 30.9 Å². The van der Waals surface area contributed by atoms with Gasteiger partial charge in [0.2, 0.25) is 18.2 Å². The largest absolute Gasteiger partial charge is 0.380 e. The van der Waals surface area contributed by atoms with Crippen molar-refractivity contribution in [1.82, 2.24) is 29.6 Å². The molecule has 2 aromatic rings. The molecule has 12 nitrogen and oxygen atoms in total. The number of carbonyl (C=O) groups is 3. The highest BCUT2D eigenvalue weighted by molar-refractivity contribution is 6.00. The molecule has 4 fully saturated rings. The predicted octanol–water partition coefficient (Wildman–Crippen LogP) is 1.30. The summed E-state index contributed by atoms with van der Waals surface area (Å²) in [4.78, 5) is 53.5. The number of benzene rings is 1. The maximum absolute atomic E-state index is 13.3. The molecule has 6 rings (SSSR count). The van der Waals surface area contributed by atoms with Crippen molar-refractivity contribution in [2.45, 2.75) is 81.5 Å². The topological polar surface area (TPSA) is 127 Å². The van der Waals surface area contributed by atoms with Crippen LogP contribution in [0.1, 0.15) is 69.9 Å². The second-order valence-corrected chi connectivity index (χ2v) is 13.5. The van der Waals surface area contributed by atoms with Crippen LogP contribution in [-0.4, -0.2) is 107 Å². The number of nitrogens with one attached hydrogen (secondary N) is 2. The highest BCUT2D eigenvalue weighted by Gasteiger charge is 2.45. The molecule has 248 valence electrons. The Hall–Kier alpha value is -3.50. The molecule has 46 heavy (non-hydrogen) atoms. The summed E-state index contributed by atoms with van der Waals surface area (Å²) in [6, 6.07) is 5.28. The number of aryl methyl sites for hydroxylation is 1. The first-order chi connectivity index (χ1) is 22.2. The predicted molar refractivity (Wildman–Crippen MR) is 172 cm³/mol. The summed E-state index contributed by atoms with van der Waals surface area (Å²) >= 11 is 0. The minimum Gasteiger partial charge on any atom is -0.380 e. The Labute approximate surface area is 269 Å². The van der Waals surface area contributed by atoms with E-state index in [0.29, 0.717) is 67.4 Å². The van der Waals surface area contributed by atoms with Crippen molar-refractivity contribution in [1.29, 1.82) is 0 Å². The van der Waals surface area contributed by atoms with Gasteiger partial charge in [0.25, 0.3) is 0 Å². The molecule has 12 heteroatoms. The fourth-order valence-electron chi connectivity index (χ4n) is 8.08. The molecule has 3 unspecified atom stereocenters. The molecule has 3 amide bonds. The molecule has 4 atom stereocenters. The van der Waals surface area contributed by atoms with Gasteiger partial charge in [-0.2, -0.15) is 0 Å². The molecular weight excluding hydrogens is 588 g/mol. The van der Waals surface area contributed by atoms with Crippen LogP contribution in [0.15, 0.2) is 23.0 Å². The normalized spacial score (nSPS) is 28.6. The van der Waals surface area contributed by atoms with Crippen LogP contribution in [0.4, 0.5) is 0 Å². The molecule has 0 spiro atoms. The average Bonchev–Trinajstić information content (AvgIpc) is 3.65. The molecule has 1 aromatic carbocycles. The summed E-state index contributed by atoms with van der Waals surface area (Å²) < 4.78 is 15.7. The van der Waals surface area contributed by atoms with E-state index in [1.165, 1.54) is 41.4 Å². The van der Waals surface area contributed by atoms with E-state index in [-0.39, 0.29) is 24.4 Å². The fraction of sp³-hybridized carbons (Fsp3) is 0.647. The van der Waals surface area contributed by atoms with Gasteiger partial charge in [-0.15, -0.1) is 0 Å². The molecule has 4 aliphatic heterocycles. The monoisotopic (exact) mass is 634 g/mol. The van der Waals surface area contributed by atoms with E-state index in [1.807, 2.05) is 18.2 Å². The number of nitrogens with zero attached hydrogens (tertiary/aromatic N) is 4. The standard InChI is InChI=1S/C34H46N6O6/c1-33-12-5-18-39(33)26(11-13-33)22-45-20-15-34(14-16-35-24-41)23-38(19-21-46-34)17-4-7-25-6-3-8-27-30(25)37(2)32(44)40(27)28-9-10-29(42)36-31(28)43/h3,6,8,24,26,28H,5,9-23H2,1-2H3,(H,35,41)(H,36,42,43)/t26?,28?,33-,34?/m0/s1. The zero-order chi connectivity index (χ0) is 32.3. The molecule has 0 aliphatic carbocycles. The Balaban J connectivity index is 1.11. The smallest absolute Gasteiger partial charge is 0.329 e. The van der Waals surface area contributed by atoms with Gasteiger partial charge < -0.3 is 14.8 Å². The van der Waals surface area contributed by atoms with Crippen molar-refractivity contribution in [2.75, 3.05) is 52.5 Å². The molecule has 4 aliphatic rings. The van der Waals surface area contributed by atoms with E-state index in [1.54, 1.807) is 7.05 Å². The van der Waals surface area contributed by atoms with Gasteiger partial charge in [0.1, 0.15) is 6.04 Å². The van der Waals surface area contributed by atoms with Crippen molar-refractivity contribution in [3.8, 4) is 11.8 Å². The second-order valence-electron chi connectivity index (χ2n) is 13.5. The number of rotatable bonds is 11. The lowest BCUT2D eigenvalue weighted by Gasteiger charge is -2.42. The van der Waals surface area contributed by atoms with E-state index in [4.69, 9.17) is 9.47 Å². The first-order valence-corrected chi connectivity index (χ1v) is 16.6. The van der Waals surface area contributed by atoms with Gasteiger partial charge >= 0.3 is 5.69 Å². The van der Waals surface area contributed by atoms with Gasteiger partial charge in [0.05, 0.1) is 42.0 Å². The van der Waals surface area contributed by atoms with E-state index in [0.717, 1.165) is 26.0 Å². The summed E-state index contributed by atoms with van der Waals surface area (Å²) in [5.74, 6) is 5.81. The highest BCUT2D eigenvalue weighted by Crippen LogP contribution is 2.42. The number of aromatic nitrogens is 2. The van der Waals surface area contributed by atoms with E-state index in [9.17, 15) is 19.2 Å². The van der Waals surface area contributed by atoms with Crippen LogP contribution in [0, 0.1) is 11.8 Å². The third-order valence-corrected chi connectivity index (χ3v) is 10.6. The molecule has 0 radical (unpaired) electrons. The number of ether oxygens (including phenoxy) is 2. The zero-order valence-corrected chi connectivity index (χ0v) is 27.0. The summed E-state index contributed by atoms with van der Waals surface area (Å²) in [5, 5.41) is 5.15. The maximum Gasteiger partial charge on any atom is 0.329 e. The lowest BCUT2D eigenvalue weighted by molar-refractivity contribution is -0.135. The first kappa shape index (κ1) is 32.4. The van der Waals surface area contributed by atoms with Crippen molar-refractivity contribution in [2.24, 2.45) is 7.05 Å². The number of carbonyl (C=O) groups excluding carboxylic acids is 3. The molecule has 5 heterocycles. The van der Waals surface area contributed by atoms with Crippen molar-refractivity contribution < 1.29 is 23.9 Å². The van der Waals surface area contributed by atoms with Gasteiger partial charge in [-0.1, -0.05) is 17.9 Å². The number of hydrogen-bond acceptors (Lipinski definition) is 8. The minimum absolute atomic E-state index is 0.190. The minimum atomic E-state index is -0.741. The molecule has 2 N–H and O–H groups in total. The van der Waals surface area contributed by atoms with Gasteiger partial charge in [-0.3, -0.25) is 38.6 Å². The van der Waals surface area contributed by atoms with Gasteiger partial charge in [-0.05, 0) is 64.1 Å². The fourth-order valence-corrected chi connectivity index (χ4v) is 8.08. The van der Waals surface area contributed by atoms with E-state index < -0.39 is 17.6 Å². The molecule has 0 bridgehead atoms. The number of morpholine rings is 1. The lowest BCUT2D eigenvalue weighted by atomic mass is 9.93. The summed E-state index contributed by atoms with van der Waals surface area (Å²) in [6.07, 6.45) is 7.61. The van der Waals surface area contributed by atoms with Crippen LogP contribution in [0.5, 0.6) is 0 Å². The Morgan fingerprint density at radius 2 is 2.04 bits per heavy atom. The number of piperidine rings is 1. The van der Waals surface area contributed by atoms with Crippen molar-refractivity contribution in [3.63, 3.8) is 0 Å². The first-order valence-electron chi connectivity index (χ1n) is 16.6. The van der Waals surface area contributed by atoms with E-state index >= 15 is 0 Å². The quantitative estimate of drug-likeness (QED) is 0.164. The second kappa shape index (κ2) is 13.7. The zero-order valence-electron chi connectivity index (χ0n) is 27.0. The molecule has 0 saturated carbocycles. The van der Waals surface area contributed by atoms with Crippen LogP contribution in [0.3, 0.4) is 0 Å². The summed E-state index contributed by atoms with van der Waals surface area (Å²) in [7, 11) is 1.68. The number of imide groups is 1. The Bertz CT molecular complexity index is 1590. The Kier molecular flexibility index (Phi) is 9.66. The summed E-state index contributed by atoms with van der Waals surface area (Å²) in [6.45, 7) is 7.92. The average molecular weight is 635 g/mol. The van der Waals surface area contributed by atoms with Crippen molar-refractivity contribution >= 4 is 29.3 Å². The molecular formula is C34H46N6O6. The number of para-hydroxylation sites is 1. The maximum atomic E-state index is 13.3. The third kappa shape index (κ3) is 6.51. The van der Waals surface area contributed by atoms with Gasteiger partial charge in [-0.25, -0.2) is 4.79 Å². The SMILES string of the molecule is Cn1c(=O)n(C2CCC(=O)NC2=O)c2cccc(C#CCN3CCOC(CCNC=O)(CCOCC4CC[C@]5(C)CCCN45)C3)c21. The van der Waals surface area contributed by atoms with Crippen LogP contribution in [0.25, 0.3) is 11.0 Å². The number of hydrogen-bond donors (Lipinski definition) is 2. The molecule has 4 saturated heterocycles. The lowest BCUT2D eigenvalue weighted by Crippen LogP contribution is -2.53. The third-order valence-electron chi connectivity index (χ3n) is 10.6. The van der Waals surface area contributed by atoms with Crippen LogP contribution >= 0.6 is 0 Å². The van der Waals surface area contributed by atoms with E-state index in [2.05, 4.69) is 39.2 Å². The Morgan fingerprint density at radius 1 is 1.17 bits per heavy atom.